The van der Waals surface area contributed by atoms with Gasteiger partial charge in [-0.2, -0.15) is 10.1 Å². The van der Waals surface area contributed by atoms with Crippen molar-refractivity contribution in [2.24, 2.45) is 0 Å². The highest BCUT2D eigenvalue weighted by Crippen LogP contribution is 2.48. The molecule has 15 nitrogen and oxygen atoms in total. The minimum absolute atomic E-state index is 0.00260. The van der Waals surface area contributed by atoms with Gasteiger partial charge in [-0.3, -0.25) is 23.5 Å². The Balaban J connectivity index is 1.70. The third-order valence-electron chi connectivity index (χ3n) is 10.0. The van der Waals surface area contributed by atoms with Gasteiger partial charge >= 0.3 is 30.9 Å². The largest absolute Gasteiger partial charge is 0.462 e. The number of hydrogen-bond acceptors (Lipinski definition) is 11. The summed E-state index contributed by atoms with van der Waals surface area (Å²) in [4.78, 5) is 58.7. The molecule has 1 fully saturated rings. The molecule has 0 saturated carbocycles. The van der Waals surface area contributed by atoms with Crippen LogP contribution >= 0.6 is 7.75 Å². The van der Waals surface area contributed by atoms with Crippen molar-refractivity contribution in [3.05, 3.63) is 64.5 Å². The molecule has 1 aliphatic heterocycles. The van der Waals surface area contributed by atoms with E-state index in [1.54, 1.807) is 44.2 Å². The molecule has 59 heavy (non-hydrogen) atoms. The van der Waals surface area contributed by atoms with E-state index in [0.29, 0.717) is 6.42 Å². The van der Waals surface area contributed by atoms with E-state index >= 15 is 0 Å². The fourth-order valence-corrected chi connectivity index (χ4v) is 8.37. The van der Waals surface area contributed by atoms with Gasteiger partial charge in [-0.25, -0.2) is 15.9 Å². The van der Waals surface area contributed by atoms with E-state index in [9.17, 15) is 23.7 Å². The first kappa shape index (κ1) is 49.3. The molecule has 1 amide bonds. The second kappa shape index (κ2) is 25.5. The fraction of sp³-hybridized carbons (Fsp3) is 0.674. The topological polar surface area (TPSA) is 178 Å². The summed E-state index contributed by atoms with van der Waals surface area (Å²) >= 11 is 0. The number of carbonyl (C=O) groups is 3. The minimum Gasteiger partial charge on any atom is -0.462 e. The van der Waals surface area contributed by atoms with Crippen LogP contribution in [0.2, 0.25) is 0 Å². The molecule has 2 heterocycles. The van der Waals surface area contributed by atoms with Gasteiger partial charge in [-0.1, -0.05) is 115 Å². The van der Waals surface area contributed by atoms with Crippen LogP contribution in [0, 0.1) is 6.57 Å². The van der Waals surface area contributed by atoms with E-state index in [1.165, 1.54) is 97.2 Å². The molecule has 2 aromatic rings. The molecule has 1 saturated heterocycles. The Morgan fingerprint density at radius 2 is 1.51 bits per heavy atom. The van der Waals surface area contributed by atoms with Gasteiger partial charge in [0, 0.05) is 26.5 Å². The van der Waals surface area contributed by atoms with Gasteiger partial charge in [0.25, 0.3) is 0 Å². The lowest BCUT2D eigenvalue weighted by Crippen LogP contribution is -2.46. The van der Waals surface area contributed by atoms with Crippen molar-refractivity contribution in [1.82, 2.24) is 14.6 Å². The average molecular weight is 844 g/mol. The molecule has 6 atom stereocenters. The van der Waals surface area contributed by atoms with E-state index in [-0.39, 0.29) is 18.0 Å². The molecule has 1 aromatic heterocycles. The summed E-state index contributed by atoms with van der Waals surface area (Å²) in [6.45, 7) is 17.5. The van der Waals surface area contributed by atoms with Crippen molar-refractivity contribution < 1.29 is 42.2 Å². The predicted molar refractivity (Wildman–Crippen MR) is 226 cm³/mol. The van der Waals surface area contributed by atoms with Gasteiger partial charge in [0.1, 0.15) is 23.7 Å². The number of anilines is 1. The number of benzene rings is 1. The van der Waals surface area contributed by atoms with Crippen molar-refractivity contribution in [3.8, 4) is 5.75 Å². The number of amides is 1. The number of hydrogen-bond donors (Lipinski definition) is 2. The van der Waals surface area contributed by atoms with Gasteiger partial charge < -0.3 is 28.9 Å². The fourth-order valence-electron chi connectivity index (χ4n) is 6.87. The second-order valence-corrected chi connectivity index (χ2v) is 17.4. The lowest BCUT2D eigenvalue weighted by atomic mass is 9.92. The van der Waals surface area contributed by atoms with Crippen molar-refractivity contribution in [2.75, 3.05) is 11.9 Å². The van der Waals surface area contributed by atoms with Crippen LogP contribution in [0.25, 0.3) is 4.85 Å². The zero-order chi connectivity index (χ0) is 43.3. The summed E-state index contributed by atoms with van der Waals surface area (Å²) in [5, 5.41) is 5.07. The maximum Gasteiger partial charge on any atom is 0.459 e. The molecule has 0 aliphatic carbocycles. The van der Waals surface area contributed by atoms with Crippen LogP contribution < -0.4 is 20.6 Å². The molecule has 0 radical (unpaired) electrons. The smallest absolute Gasteiger partial charge is 0.459 e. The Bertz CT molecular complexity index is 1750. The number of unbranched alkanes of at least 4 members (excludes halogenated alkanes) is 14. The van der Waals surface area contributed by atoms with Crippen LogP contribution in [0.1, 0.15) is 151 Å². The number of carbonyl (C=O) groups excluding carboxylic acids is 3. The highest BCUT2D eigenvalue weighted by Gasteiger charge is 2.63. The quantitative estimate of drug-likeness (QED) is 0.0360. The summed E-state index contributed by atoms with van der Waals surface area (Å²) in [6, 6.07) is 8.43. The SMILES string of the molecule is [C-]#[N+][C@]1(C)[C@H](OC(=O)CCCCCCCCCCCCCCCCC)C(CO[P@](=O)(N[C@@H](C)C(=O)OC(C)C)Oc2ccccc2)O[C@H]1n1ccc(NC(C)=O)nc1=O. The molecule has 1 unspecified atom stereocenters. The molecule has 2 N–H and O–H groups in total. The Morgan fingerprint density at radius 3 is 2.03 bits per heavy atom. The molecule has 328 valence electrons. The van der Waals surface area contributed by atoms with E-state index in [4.69, 9.17) is 29.8 Å². The summed E-state index contributed by atoms with van der Waals surface area (Å²) in [5.74, 6) is -1.51. The average Bonchev–Trinajstić information content (AvgIpc) is 3.45. The van der Waals surface area contributed by atoms with E-state index in [0.717, 1.165) is 30.3 Å². The van der Waals surface area contributed by atoms with Gasteiger partial charge in [-0.15, -0.1) is 0 Å². The number of para-hydroxylation sites is 1. The first-order valence-corrected chi connectivity index (χ1v) is 22.8. The maximum absolute atomic E-state index is 14.3. The lowest BCUT2D eigenvalue weighted by molar-refractivity contribution is -0.154. The third kappa shape index (κ3) is 16.8. The number of nitrogens with one attached hydrogen (secondary N) is 2. The van der Waals surface area contributed by atoms with Crippen LogP contribution in [0.3, 0.4) is 0 Å². The number of esters is 2. The van der Waals surface area contributed by atoms with Gasteiger partial charge in [-0.05, 0) is 45.4 Å². The predicted octanol–water partition coefficient (Wildman–Crippen LogP) is 9.08. The molecule has 0 spiro atoms. The number of ether oxygens (including phenoxy) is 3. The van der Waals surface area contributed by atoms with E-state index in [2.05, 4.69) is 27.2 Å². The number of aromatic nitrogens is 2. The molecular weight excluding hydrogens is 777 g/mol. The molecule has 0 bridgehead atoms. The summed E-state index contributed by atoms with van der Waals surface area (Å²) < 4.78 is 44.6. The van der Waals surface area contributed by atoms with Crippen LogP contribution in [-0.4, -0.2) is 63.9 Å². The van der Waals surface area contributed by atoms with Gasteiger partial charge in [0.15, 0.2) is 0 Å². The Morgan fingerprint density at radius 1 is 0.932 bits per heavy atom. The third-order valence-corrected chi connectivity index (χ3v) is 11.7. The Kier molecular flexibility index (Phi) is 21.3. The van der Waals surface area contributed by atoms with Crippen LogP contribution in [0.4, 0.5) is 5.82 Å². The Labute approximate surface area is 350 Å². The summed E-state index contributed by atoms with van der Waals surface area (Å²) in [6.07, 6.45) is 14.8. The highest BCUT2D eigenvalue weighted by molar-refractivity contribution is 7.52. The second-order valence-electron chi connectivity index (χ2n) is 15.7. The van der Waals surface area contributed by atoms with Crippen molar-refractivity contribution in [2.45, 2.75) is 180 Å². The first-order chi connectivity index (χ1) is 28.2. The molecule has 16 heteroatoms. The van der Waals surface area contributed by atoms with Crippen LogP contribution in [-0.2, 0) is 37.7 Å². The standard InChI is InChI=1S/C43H66N5O10P/c1-8-9-10-11-12-13-14-15-16-17-18-19-20-21-25-28-38(50)57-39-36(56-41(43(39,6)44-7)48-30-29-37(45-34(5)49)46-42(48)52)31-54-59(53,58-35-26-23-22-24-27-35)47-33(4)40(51)55-32(2)3/h22-24,26-27,29-30,32-33,36,39,41H,8-21,25,28,31H2,1-6H3,(H,47,53)(H,45,46,49,52)/t33-,36?,39+,41+,43+,59+/m0/s1. The van der Waals surface area contributed by atoms with Crippen molar-refractivity contribution in [3.63, 3.8) is 0 Å². The Hall–Kier alpha value is -4.09. The van der Waals surface area contributed by atoms with Crippen LogP contribution in [0.15, 0.2) is 47.4 Å². The normalized spacial score (nSPS) is 20.3. The van der Waals surface area contributed by atoms with Gasteiger partial charge in [0.2, 0.25) is 18.2 Å². The van der Waals surface area contributed by atoms with Crippen molar-refractivity contribution in [1.29, 1.82) is 0 Å². The molecule has 3 rings (SSSR count). The molecule has 1 aromatic carbocycles. The van der Waals surface area contributed by atoms with Crippen molar-refractivity contribution >= 4 is 31.4 Å². The number of rotatable bonds is 28. The summed E-state index contributed by atoms with van der Waals surface area (Å²) in [5.41, 5.74) is -2.52. The first-order valence-electron chi connectivity index (χ1n) is 21.3. The molecule has 1 aliphatic rings. The monoisotopic (exact) mass is 843 g/mol. The summed E-state index contributed by atoms with van der Waals surface area (Å²) in [7, 11) is -4.40. The maximum atomic E-state index is 14.3. The van der Waals surface area contributed by atoms with E-state index in [1.807, 2.05) is 0 Å². The number of nitrogens with zero attached hydrogens (tertiary/aromatic N) is 3. The zero-order valence-corrected chi connectivity index (χ0v) is 36.7. The molecular formula is C43H66N5O10P. The minimum atomic E-state index is -4.40. The highest BCUT2D eigenvalue weighted by atomic mass is 31.2. The lowest BCUT2D eigenvalue weighted by Gasteiger charge is -2.26. The zero-order valence-electron chi connectivity index (χ0n) is 35.8. The van der Waals surface area contributed by atoms with Gasteiger partial charge in [0.05, 0.1) is 12.7 Å². The van der Waals surface area contributed by atoms with E-state index < -0.39 is 74.0 Å². The van der Waals surface area contributed by atoms with Crippen LogP contribution in [0.5, 0.6) is 5.75 Å².